The van der Waals surface area contributed by atoms with Crippen LogP contribution in [0.1, 0.15) is 260 Å². The third-order valence-corrected chi connectivity index (χ3v) is 15.4. The summed E-state index contributed by atoms with van der Waals surface area (Å²) in [5.74, 6) is 0. The lowest BCUT2D eigenvalue weighted by Crippen LogP contribution is -2.22. The zero-order chi connectivity index (χ0) is 47.6. The molecule has 0 aromatic heterocycles. The molecule has 0 spiro atoms. The maximum absolute atomic E-state index is 4.74. The van der Waals surface area contributed by atoms with Gasteiger partial charge in [0.2, 0.25) is 0 Å². The molecule has 2 aromatic carbocycles. The van der Waals surface area contributed by atoms with E-state index in [1.165, 1.54) is 97.6 Å². The molecule has 1 atom stereocenters. The summed E-state index contributed by atoms with van der Waals surface area (Å²) in [6.07, 6.45) is 25.4. The number of hydrogen-bond acceptors (Lipinski definition) is 0. The number of benzene rings is 2. The summed E-state index contributed by atoms with van der Waals surface area (Å²) in [5, 5.41) is 0. The van der Waals surface area contributed by atoms with Crippen molar-refractivity contribution in [2.24, 2.45) is 16.2 Å². The minimum atomic E-state index is 0.0716. The first-order chi connectivity index (χ1) is 28.9. The van der Waals surface area contributed by atoms with Crippen molar-refractivity contribution in [2.75, 3.05) is 0 Å². The highest BCUT2D eigenvalue weighted by Crippen LogP contribution is 2.55. The van der Waals surface area contributed by atoms with Crippen molar-refractivity contribution in [3.8, 4) is 0 Å². The Morgan fingerprint density at radius 1 is 0.587 bits per heavy atom. The molecule has 0 amide bonds. The quantitative estimate of drug-likeness (QED) is 0.0629. The zero-order valence-electron chi connectivity index (χ0n) is 45.1. The second kappa shape index (κ2) is 19.9. The highest BCUT2D eigenvalue weighted by atomic mass is 14.5. The summed E-state index contributed by atoms with van der Waals surface area (Å²) < 4.78 is 0. The van der Waals surface area contributed by atoms with E-state index < -0.39 is 0 Å². The molecule has 4 rings (SSSR count). The molecule has 0 nitrogen and oxygen atoms in total. The van der Waals surface area contributed by atoms with E-state index >= 15 is 0 Å². The molecule has 0 aliphatic heterocycles. The van der Waals surface area contributed by atoms with Crippen molar-refractivity contribution in [3.05, 3.63) is 128 Å². The van der Waals surface area contributed by atoms with Crippen molar-refractivity contribution in [1.82, 2.24) is 0 Å². The molecule has 0 saturated carbocycles. The number of fused-ring (bicyclic) bond motifs is 2. The van der Waals surface area contributed by atoms with Gasteiger partial charge in [0.05, 0.1) is 0 Å². The third kappa shape index (κ3) is 13.4. The van der Waals surface area contributed by atoms with Gasteiger partial charge >= 0.3 is 0 Å². The van der Waals surface area contributed by atoms with Crippen LogP contribution < -0.4 is 0 Å². The van der Waals surface area contributed by atoms with Gasteiger partial charge in [-0.1, -0.05) is 210 Å². The maximum atomic E-state index is 4.74. The van der Waals surface area contributed by atoms with Crippen LogP contribution in [0.4, 0.5) is 0 Å². The number of hydrogen-bond donors (Lipinski definition) is 0. The minimum absolute atomic E-state index is 0.0716. The van der Waals surface area contributed by atoms with E-state index in [1.54, 1.807) is 38.9 Å². The molecule has 0 bridgehead atoms. The van der Waals surface area contributed by atoms with Crippen LogP contribution in [0.25, 0.3) is 0 Å². The van der Waals surface area contributed by atoms with Crippen LogP contribution in [0.15, 0.2) is 83.5 Å². The predicted molar refractivity (Wildman–Crippen MR) is 283 cm³/mol. The van der Waals surface area contributed by atoms with Crippen molar-refractivity contribution in [2.45, 2.75) is 250 Å². The van der Waals surface area contributed by atoms with Crippen molar-refractivity contribution in [1.29, 1.82) is 0 Å². The summed E-state index contributed by atoms with van der Waals surface area (Å²) in [4.78, 5) is 0. The van der Waals surface area contributed by atoms with Gasteiger partial charge < -0.3 is 0 Å². The van der Waals surface area contributed by atoms with Crippen LogP contribution in [-0.2, 0) is 34.5 Å². The van der Waals surface area contributed by atoms with E-state index in [9.17, 15) is 0 Å². The Bertz CT molecular complexity index is 2030. The smallest absolute Gasteiger partial charge is 0.0155 e. The van der Waals surface area contributed by atoms with Crippen molar-refractivity contribution >= 4 is 0 Å². The maximum Gasteiger partial charge on any atom is 0.0155 e. The van der Waals surface area contributed by atoms with E-state index in [1.807, 2.05) is 0 Å². The molecule has 0 fully saturated rings. The van der Waals surface area contributed by atoms with Crippen LogP contribution in [0.3, 0.4) is 0 Å². The minimum Gasteiger partial charge on any atom is -0.0998 e. The number of aryl methyl sites for hydroxylation is 2. The number of rotatable bonds is 22. The Morgan fingerprint density at radius 2 is 1.08 bits per heavy atom. The van der Waals surface area contributed by atoms with E-state index in [0.717, 1.165) is 32.1 Å². The molecule has 0 N–H and O–H groups in total. The van der Waals surface area contributed by atoms with Gasteiger partial charge in [-0.15, -0.1) is 0 Å². The predicted octanol–water partition coefficient (Wildman–Crippen LogP) is 19.4. The van der Waals surface area contributed by atoms with Gasteiger partial charge in [-0.25, -0.2) is 0 Å². The van der Waals surface area contributed by atoms with Gasteiger partial charge in [0, 0.05) is 10.8 Å². The van der Waals surface area contributed by atoms with E-state index in [0.29, 0.717) is 5.41 Å². The lowest BCUT2D eigenvalue weighted by atomic mass is 9.70. The SMILES string of the molecule is C=C(C/C=C/C(=C(C)\C(=C/C)C(C)(C)C)C(C)(C)C)CCC(CCC)(CCCCCCc1cc(C(C)(C)C)c2c(c1)C2(C)C)CCC(=C)CCc1cc(C(C)(C)C)c2c(c1)C2(C)C. The first-order valence-corrected chi connectivity index (χ1v) is 25.7. The molecular formula is C63H98. The first-order valence-electron chi connectivity index (χ1n) is 25.7. The fourth-order valence-corrected chi connectivity index (χ4v) is 11.4. The van der Waals surface area contributed by atoms with Gasteiger partial charge in [0.15, 0.2) is 0 Å². The average Bonchev–Trinajstić information content (AvgIpc) is 3.94. The van der Waals surface area contributed by atoms with Gasteiger partial charge in [0.1, 0.15) is 0 Å². The van der Waals surface area contributed by atoms with E-state index in [-0.39, 0.29) is 32.5 Å². The highest BCUT2D eigenvalue weighted by molar-refractivity contribution is 5.66. The Hall–Kier alpha value is -2.86. The third-order valence-electron chi connectivity index (χ3n) is 15.4. The molecule has 0 heterocycles. The molecule has 1 unspecified atom stereocenters. The topological polar surface area (TPSA) is 0 Å². The molecule has 2 aliphatic rings. The van der Waals surface area contributed by atoms with Gasteiger partial charge in [0.25, 0.3) is 0 Å². The zero-order valence-corrected chi connectivity index (χ0v) is 45.1. The first kappa shape index (κ1) is 52.8. The summed E-state index contributed by atoms with van der Waals surface area (Å²) >= 11 is 0. The average molecular weight is 855 g/mol. The molecule has 2 aliphatic carbocycles. The Labute approximate surface area is 392 Å². The normalized spacial score (nSPS) is 17.3. The van der Waals surface area contributed by atoms with Crippen LogP contribution >= 0.6 is 0 Å². The Balaban J connectivity index is 1.44. The standard InChI is InChI=1S/C63H98/c1-22-36-63(37-27-25-24-26-30-47-40-51(59(12,13)14)55-53(42-47)61(55,18)19,38-34-44(3)29-28-31-50(58(9,10)11)46(5)49(23-2)57(6,7)8)39-35-45(4)32-33-48-41-52(60(15,16)17)56-54(43-48)62(56,20)21/h23,28,31,40-43H,3-4,22,24-27,29-30,32-39H2,1-2,5-21H3/b31-28+,49-23+,50-46+. The summed E-state index contributed by atoms with van der Waals surface area (Å²) in [6, 6.07) is 10.1. The number of allylic oxidation sites excluding steroid dienone is 8. The monoisotopic (exact) mass is 855 g/mol. The van der Waals surface area contributed by atoms with Crippen molar-refractivity contribution < 1.29 is 0 Å². The largest absolute Gasteiger partial charge is 0.0998 e. The van der Waals surface area contributed by atoms with Crippen LogP contribution in [0.5, 0.6) is 0 Å². The molecule has 63 heavy (non-hydrogen) atoms. The molecular weight excluding hydrogens is 757 g/mol. The fourth-order valence-electron chi connectivity index (χ4n) is 11.4. The summed E-state index contributed by atoms with van der Waals surface area (Å²) in [5.41, 5.74) is 21.1. The highest BCUT2D eigenvalue weighted by Gasteiger charge is 2.47. The molecule has 0 radical (unpaired) electrons. The van der Waals surface area contributed by atoms with Crippen LogP contribution in [0, 0.1) is 16.2 Å². The lowest BCUT2D eigenvalue weighted by molar-refractivity contribution is 0.189. The fraction of sp³-hybridized carbons (Fsp3) is 0.651. The van der Waals surface area contributed by atoms with Crippen LogP contribution in [-0.4, -0.2) is 0 Å². The van der Waals surface area contributed by atoms with E-state index in [4.69, 9.17) is 13.2 Å². The molecule has 2 aromatic rings. The second-order valence-electron chi connectivity index (χ2n) is 25.9. The van der Waals surface area contributed by atoms with E-state index in [2.05, 4.69) is 174 Å². The second-order valence-corrected chi connectivity index (χ2v) is 25.9. The van der Waals surface area contributed by atoms with Crippen molar-refractivity contribution in [3.63, 3.8) is 0 Å². The van der Waals surface area contributed by atoms with Gasteiger partial charge in [-0.2, -0.15) is 0 Å². The summed E-state index contributed by atoms with van der Waals surface area (Å²) in [7, 11) is 0. The number of unbranched alkanes of at least 4 members (excludes halogenated alkanes) is 3. The van der Waals surface area contributed by atoms with Gasteiger partial charge in [-0.3, -0.25) is 0 Å². The summed E-state index contributed by atoms with van der Waals surface area (Å²) in [6.45, 7) is 54.4. The molecule has 0 heteroatoms. The van der Waals surface area contributed by atoms with Gasteiger partial charge in [-0.05, 0) is 173 Å². The Kier molecular flexibility index (Phi) is 16.7. The molecule has 350 valence electrons. The lowest BCUT2D eigenvalue weighted by Gasteiger charge is -2.35. The Morgan fingerprint density at radius 3 is 1.54 bits per heavy atom. The van der Waals surface area contributed by atoms with Crippen LogP contribution in [0.2, 0.25) is 0 Å². The molecule has 0 saturated heterocycles.